The lowest BCUT2D eigenvalue weighted by molar-refractivity contribution is -0.0448. The smallest absolute Gasteiger partial charge is 0.357 e. The van der Waals surface area contributed by atoms with Crippen molar-refractivity contribution in [3.05, 3.63) is 28.6 Å². The Morgan fingerprint density at radius 3 is 2.35 bits per heavy atom. The Labute approximate surface area is 115 Å². The Morgan fingerprint density at radius 1 is 1.20 bits per heavy atom. The summed E-state index contributed by atoms with van der Waals surface area (Å²) < 4.78 is 20.0. The van der Waals surface area contributed by atoms with Crippen molar-refractivity contribution in [1.29, 1.82) is 0 Å². The van der Waals surface area contributed by atoms with Gasteiger partial charge in [-0.1, -0.05) is 0 Å². The molecule has 0 bridgehead atoms. The predicted octanol–water partition coefficient (Wildman–Crippen LogP) is 1.01. The molecule has 0 N–H and O–H groups in total. The van der Waals surface area contributed by atoms with Crippen molar-refractivity contribution in [2.45, 2.75) is 13.2 Å². The number of ether oxygens (including phenoxy) is 4. The summed E-state index contributed by atoms with van der Waals surface area (Å²) in [5, 5.41) is 0. The molecular weight excluding hydrogens is 266 g/mol. The summed E-state index contributed by atoms with van der Waals surface area (Å²) in [6.45, 7) is 2.64. The molecule has 1 saturated heterocycles. The fourth-order valence-electron chi connectivity index (χ4n) is 1.92. The molecule has 20 heavy (non-hydrogen) atoms. The van der Waals surface area contributed by atoms with Crippen LogP contribution >= 0.6 is 0 Å². The van der Waals surface area contributed by atoms with Crippen LogP contribution in [0.5, 0.6) is 0 Å². The minimum absolute atomic E-state index is 0.0269. The van der Waals surface area contributed by atoms with Crippen LogP contribution in [-0.4, -0.2) is 44.4 Å². The van der Waals surface area contributed by atoms with Crippen LogP contribution in [0.4, 0.5) is 0 Å². The summed E-state index contributed by atoms with van der Waals surface area (Å²) in [7, 11) is 2.45. The van der Waals surface area contributed by atoms with Crippen molar-refractivity contribution in [2.75, 3.05) is 27.4 Å². The SMILES string of the molecule is COC(=O)c1cc(C2OCCO2)c(C)nc1C(=O)OC. The van der Waals surface area contributed by atoms with Gasteiger partial charge in [0.25, 0.3) is 0 Å². The van der Waals surface area contributed by atoms with E-state index in [1.54, 1.807) is 6.92 Å². The van der Waals surface area contributed by atoms with Gasteiger partial charge in [0.2, 0.25) is 0 Å². The first-order valence-corrected chi connectivity index (χ1v) is 5.99. The molecule has 2 rings (SSSR count). The first-order valence-electron chi connectivity index (χ1n) is 5.99. The Morgan fingerprint density at radius 2 is 1.80 bits per heavy atom. The number of rotatable bonds is 3. The minimum atomic E-state index is -0.701. The van der Waals surface area contributed by atoms with E-state index in [0.717, 1.165) is 0 Å². The first-order chi connectivity index (χ1) is 9.58. The molecule has 1 aliphatic rings. The number of carbonyl (C=O) groups excluding carboxylic acids is 2. The Kier molecular flexibility index (Phi) is 4.31. The number of pyridine rings is 1. The lowest BCUT2D eigenvalue weighted by atomic mass is 10.1. The molecule has 1 aromatic heterocycles. The topological polar surface area (TPSA) is 84.0 Å². The van der Waals surface area contributed by atoms with E-state index >= 15 is 0 Å². The standard InChI is InChI=1S/C13H15NO6/c1-7-8(13-19-4-5-20-13)6-9(11(15)17-2)10(14-7)12(16)18-3/h6,13H,4-5H2,1-3H3. The van der Waals surface area contributed by atoms with Crippen LogP contribution in [0.15, 0.2) is 6.07 Å². The summed E-state index contributed by atoms with van der Waals surface area (Å²) >= 11 is 0. The van der Waals surface area contributed by atoms with Crippen LogP contribution in [0.3, 0.4) is 0 Å². The van der Waals surface area contributed by atoms with Gasteiger partial charge in [-0.25, -0.2) is 14.6 Å². The number of aryl methyl sites for hydroxylation is 1. The maximum absolute atomic E-state index is 11.8. The van der Waals surface area contributed by atoms with Crippen LogP contribution in [-0.2, 0) is 18.9 Å². The van der Waals surface area contributed by atoms with E-state index in [1.165, 1.54) is 20.3 Å². The molecule has 1 aliphatic heterocycles. The van der Waals surface area contributed by atoms with Crippen LogP contribution in [0, 0.1) is 6.92 Å². The molecule has 0 aliphatic carbocycles. The summed E-state index contributed by atoms with van der Waals surface area (Å²) in [6, 6.07) is 1.50. The average Bonchev–Trinajstić information content (AvgIpc) is 2.99. The van der Waals surface area contributed by atoms with E-state index in [0.29, 0.717) is 24.5 Å². The van der Waals surface area contributed by atoms with Crippen LogP contribution in [0.2, 0.25) is 0 Å². The highest BCUT2D eigenvalue weighted by molar-refractivity contribution is 6.01. The van der Waals surface area contributed by atoms with Crippen LogP contribution in [0.25, 0.3) is 0 Å². The molecule has 1 fully saturated rings. The quantitative estimate of drug-likeness (QED) is 0.764. The van der Waals surface area contributed by atoms with Crippen molar-refractivity contribution in [3.63, 3.8) is 0 Å². The Balaban J connectivity index is 2.51. The fraction of sp³-hybridized carbons (Fsp3) is 0.462. The Hall–Kier alpha value is -1.99. The van der Waals surface area contributed by atoms with E-state index < -0.39 is 18.2 Å². The average molecular weight is 281 g/mol. The monoisotopic (exact) mass is 281 g/mol. The van der Waals surface area contributed by atoms with Crippen molar-refractivity contribution in [1.82, 2.24) is 4.98 Å². The van der Waals surface area contributed by atoms with Gasteiger partial charge >= 0.3 is 11.9 Å². The maximum Gasteiger partial charge on any atom is 0.357 e. The van der Waals surface area contributed by atoms with Gasteiger partial charge < -0.3 is 18.9 Å². The minimum Gasteiger partial charge on any atom is -0.465 e. The lowest BCUT2D eigenvalue weighted by Gasteiger charge is -2.15. The Bertz CT molecular complexity index is 536. The molecule has 1 aromatic rings. The van der Waals surface area contributed by atoms with Gasteiger partial charge in [0, 0.05) is 11.3 Å². The summed E-state index contributed by atoms with van der Waals surface area (Å²) in [5.41, 5.74) is 1.07. The number of methoxy groups -OCH3 is 2. The second kappa shape index (κ2) is 5.98. The highest BCUT2D eigenvalue weighted by Crippen LogP contribution is 2.27. The van der Waals surface area contributed by atoms with Crippen molar-refractivity contribution < 1.29 is 28.5 Å². The number of aromatic nitrogens is 1. The zero-order valence-electron chi connectivity index (χ0n) is 11.5. The predicted molar refractivity (Wildman–Crippen MR) is 66.3 cm³/mol. The number of esters is 2. The summed E-state index contributed by atoms with van der Waals surface area (Å²) in [5.74, 6) is -1.37. The highest BCUT2D eigenvalue weighted by atomic mass is 16.7. The summed E-state index contributed by atoms with van der Waals surface area (Å²) in [4.78, 5) is 27.6. The van der Waals surface area contributed by atoms with Gasteiger partial charge in [0.05, 0.1) is 33.0 Å². The molecule has 0 aromatic carbocycles. The van der Waals surface area contributed by atoms with Gasteiger partial charge in [0.15, 0.2) is 12.0 Å². The molecule has 0 unspecified atom stereocenters. The van der Waals surface area contributed by atoms with E-state index in [1.807, 2.05) is 0 Å². The molecule has 108 valence electrons. The van der Waals surface area contributed by atoms with Gasteiger partial charge in [-0.05, 0) is 13.0 Å². The second-order valence-electron chi connectivity index (χ2n) is 4.12. The number of hydrogen-bond donors (Lipinski definition) is 0. The number of carbonyl (C=O) groups is 2. The van der Waals surface area contributed by atoms with Crippen LogP contribution in [0.1, 0.15) is 38.4 Å². The third-order valence-corrected chi connectivity index (χ3v) is 2.91. The van der Waals surface area contributed by atoms with Crippen molar-refractivity contribution >= 4 is 11.9 Å². The molecule has 0 radical (unpaired) electrons. The number of hydrogen-bond acceptors (Lipinski definition) is 7. The van der Waals surface area contributed by atoms with Crippen molar-refractivity contribution in [3.8, 4) is 0 Å². The lowest BCUT2D eigenvalue weighted by Crippen LogP contribution is -2.17. The normalized spacial score (nSPS) is 15.2. The molecular formula is C13H15NO6. The zero-order chi connectivity index (χ0) is 14.7. The molecule has 7 heteroatoms. The molecule has 0 atom stereocenters. The molecule has 2 heterocycles. The molecule has 0 spiro atoms. The van der Waals surface area contributed by atoms with Gasteiger partial charge in [-0.3, -0.25) is 0 Å². The third kappa shape index (κ3) is 2.63. The third-order valence-electron chi connectivity index (χ3n) is 2.91. The zero-order valence-corrected chi connectivity index (χ0v) is 11.5. The van der Waals surface area contributed by atoms with Gasteiger partial charge in [-0.2, -0.15) is 0 Å². The molecule has 0 amide bonds. The van der Waals surface area contributed by atoms with E-state index in [-0.39, 0.29) is 11.3 Å². The summed E-state index contributed by atoms with van der Waals surface area (Å²) in [6.07, 6.45) is -0.586. The largest absolute Gasteiger partial charge is 0.465 e. The number of nitrogens with zero attached hydrogens (tertiary/aromatic N) is 1. The van der Waals surface area contributed by atoms with Crippen molar-refractivity contribution in [2.24, 2.45) is 0 Å². The first kappa shape index (κ1) is 14.4. The van der Waals surface area contributed by atoms with E-state index in [9.17, 15) is 9.59 Å². The van der Waals surface area contributed by atoms with Crippen LogP contribution < -0.4 is 0 Å². The van der Waals surface area contributed by atoms with E-state index in [4.69, 9.17) is 9.47 Å². The van der Waals surface area contributed by atoms with Gasteiger partial charge in [0.1, 0.15) is 0 Å². The highest BCUT2D eigenvalue weighted by Gasteiger charge is 2.27. The molecule has 0 saturated carbocycles. The fourth-order valence-corrected chi connectivity index (χ4v) is 1.92. The van der Waals surface area contributed by atoms with Gasteiger partial charge in [-0.15, -0.1) is 0 Å². The maximum atomic E-state index is 11.8. The second-order valence-corrected chi connectivity index (χ2v) is 4.12. The van der Waals surface area contributed by atoms with E-state index in [2.05, 4.69) is 14.5 Å². The molecule has 7 nitrogen and oxygen atoms in total.